The average Bonchev–Trinajstić information content (AvgIpc) is 2.33. The molecule has 0 spiro atoms. The Balaban J connectivity index is 4.43. The SMILES string of the molecule is CCCCN(C)C(C)CC(C)(NCCC)C(N)=O. The van der Waals surface area contributed by atoms with Crippen molar-refractivity contribution < 1.29 is 4.79 Å². The number of hydrogen-bond acceptors (Lipinski definition) is 3. The highest BCUT2D eigenvalue weighted by Gasteiger charge is 2.32. The van der Waals surface area contributed by atoms with E-state index in [0.717, 1.165) is 25.9 Å². The van der Waals surface area contributed by atoms with Crippen molar-refractivity contribution in [1.29, 1.82) is 0 Å². The van der Waals surface area contributed by atoms with Crippen LogP contribution in [0.15, 0.2) is 0 Å². The number of carbonyl (C=O) groups is 1. The maximum absolute atomic E-state index is 11.6. The number of carbonyl (C=O) groups excluding carboxylic acids is 1. The number of rotatable bonds is 10. The number of nitrogens with zero attached hydrogens (tertiary/aromatic N) is 1. The second kappa shape index (κ2) is 8.48. The molecule has 108 valence electrons. The second-order valence-corrected chi connectivity index (χ2v) is 5.51. The molecule has 0 aliphatic rings. The van der Waals surface area contributed by atoms with Crippen LogP contribution in [-0.4, -0.2) is 42.5 Å². The summed E-state index contributed by atoms with van der Waals surface area (Å²) in [5, 5.41) is 3.29. The lowest BCUT2D eigenvalue weighted by Crippen LogP contribution is -2.56. The van der Waals surface area contributed by atoms with E-state index in [1.807, 2.05) is 6.92 Å². The van der Waals surface area contributed by atoms with E-state index in [0.29, 0.717) is 6.04 Å². The van der Waals surface area contributed by atoms with E-state index in [2.05, 4.69) is 38.0 Å². The normalized spacial score (nSPS) is 16.6. The molecule has 18 heavy (non-hydrogen) atoms. The standard InChI is InChI=1S/C14H31N3O/c1-6-8-10-17(5)12(3)11-14(4,13(15)18)16-9-7-2/h12,16H,6-11H2,1-5H3,(H2,15,18). The Morgan fingerprint density at radius 2 is 2.00 bits per heavy atom. The molecular formula is C14H31N3O. The molecule has 4 nitrogen and oxygen atoms in total. The molecule has 2 atom stereocenters. The van der Waals surface area contributed by atoms with Gasteiger partial charge in [0, 0.05) is 6.04 Å². The molecule has 1 amide bonds. The highest BCUT2D eigenvalue weighted by molar-refractivity contribution is 5.84. The van der Waals surface area contributed by atoms with Crippen molar-refractivity contribution in [3.05, 3.63) is 0 Å². The molecule has 0 bridgehead atoms. The average molecular weight is 257 g/mol. The van der Waals surface area contributed by atoms with Gasteiger partial charge in [-0.3, -0.25) is 4.79 Å². The van der Waals surface area contributed by atoms with Crippen molar-refractivity contribution in [2.75, 3.05) is 20.1 Å². The molecule has 4 heteroatoms. The van der Waals surface area contributed by atoms with Crippen LogP contribution in [0.25, 0.3) is 0 Å². The second-order valence-electron chi connectivity index (χ2n) is 5.51. The first-order chi connectivity index (χ1) is 8.37. The van der Waals surface area contributed by atoms with Gasteiger partial charge in [0.25, 0.3) is 0 Å². The van der Waals surface area contributed by atoms with Crippen molar-refractivity contribution in [3.63, 3.8) is 0 Å². The minimum atomic E-state index is -0.601. The van der Waals surface area contributed by atoms with E-state index in [9.17, 15) is 4.79 Å². The van der Waals surface area contributed by atoms with Gasteiger partial charge in [0.2, 0.25) is 5.91 Å². The smallest absolute Gasteiger partial charge is 0.237 e. The van der Waals surface area contributed by atoms with E-state index in [1.165, 1.54) is 12.8 Å². The minimum Gasteiger partial charge on any atom is -0.368 e. The van der Waals surface area contributed by atoms with Crippen LogP contribution in [0, 0.1) is 0 Å². The number of hydrogen-bond donors (Lipinski definition) is 2. The van der Waals surface area contributed by atoms with Gasteiger partial charge in [0.15, 0.2) is 0 Å². The van der Waals surface area contributed by atoms with Gasteiger partial charge in [-0.25, -0.2) is 0 Å². The van der Waals surface area contributed by atoms with Crippen molar-refractivity contribution in [2.24, 2.45) is 5.73 Å². The summed E-state index contributed by atoms with van der Waals surface area (Å²) in [5.74, 6) is -0.258. The number of nitrogens with two attached hydrogens (primary N) is 1. The molecule has 0 aliphatic heterocycles. The van der Waals surface area contributed by atoms with Crippen LogP contribution in [-0.2, 0) is 4.79 Å². The van der Waals surface area contributed by atoms with Gasteiger partial charge in [-0.2, -0.15) is 0 Å². The summed E-state index contributed by atoms with van der Waals surface area (Å²) in [5.41, 5.74) is 4.94. The molecule has 0 fully saturated rings. The van der Waals surface area contributed by atoms with Gasteiger partial charge >= 0.3 is 0 Å². The Hall–Kier alpha value is -0.610. The van der Waals surface area contributed by atoms with Crippen LogP contribution in [0.1, 0.15) is 53.4 Å². The maximum Gasteiger partial charge on any atom is 0.237 e. The third-order valence-corrected chi connectivity index (χ3v) is 3.63. The summed E-state index contributed by atoms with van der Waals surface area (Å²) >= 11 is 0. The fraction of sp³-hybridized carbons (Fsp3) is 0.929. The zero-order chi connectivity index (χ0) is 14.2. The van der Waals surface area contributed by atoms with E-state index >= 15 is 0 Å². The number of amides is 1. The fourth-order valence-electron chi connectivity index (χ4n) is 2.04. The summed E-state index contributed by atoms with van der Waals surface area (Å²) in [6, 6.07) is 0.346. The Morgan fingerprint density at radius 1 is 1.39 bits per heavy atom. The highest BCUT2D eigenvalue weighted by atomic mass is 16.1. The van der Waals surface area contributed by atoms with Crippen molar-refractivity contribution >= 4 is 5.91 Å². The first-order valence-corrected chi connectivity index (χ1v) is 7.12. The summed E-state index contributed by atoms with van der Waals surface area (Å²) < 4.78 is 0. The molecule has 0 aromatic rings. The first kappa shape index (κ1) is 17.4. The van der Waals surface area contributed by atoms with E-state index in [4.69, 9.17) is 5.73 Å². The zero-order valence-electron chi connectivity index (χ0n) is 12.8. The van der Waals surface area contributed by atoms with Gasteiger partial charge in [-0.05, 0) is 53.2 Å². The summed E-state index contributed by atoms with van der Waals surface area (Å²) in [7, 11) is 2.11. The topological polar surface area (TPSA) is 58.4 Å². The summed E-state index contributed by atoms with van der Waals surface area (Å²) in [4.78, 5) is 13.9. The Bertz CT molecular complexity index is 245. The Labute approximate surface area is 112 Å². The fourth-order valence-corrected chi connectivity index (χ4v) is 2.04. The lowest BCUT2D eigenvalue weighted by atomic mass is 9.92. The third-order valence-electron chi connectivity index (χ3n) is 3.63. The van der Waals surface area contributed by atoms with Crippen LogP contribution in [0.5, 0.6) is 0 Å². The predicted octanol–water partition coefficient (Wildman–Crippen LogP) is 1.74. The molecule has 0 heterocycles. The number of nitrogens with one attached hydrogen (secondary N) is 1. The largest absolute Gasteiger partial charge is 0.368 e. The van der Waals surface area contributed by atoms with Crippen molar-refractivity contribution in [1.82, 2.24) is 10.2 Å². The minimum absolute atomic E-state index is 0.258. The highest BCUT2D eigenvalue weighted by Crippen LogP contribution is 2.16. The lowest BCUT2D eigenvalue weighted by molar-refractivity contribution is -0.124. The maximum atomic E-state index is 11.6. The summed E-state index contributed by atoms with van der Waals surface area (Å²) in [6.07, 6.45) is 4.14. The molecule has 0 aromatic carbocycles. The quantitative estimate of drug-likeness (QED) is 0.627. The van der Waals surface area contributed by atoms with Crippen LogP contribution in [0.4, 0.5) is 0 Å². The monoisotopic (exact) mass is 257 g/mol. The summed E-state index contributed by atoms with van der Waals surface area (Å²) in [6.45, 7) is 10.2. The molecule has 3 N–H and O–H groups in total. The van der Waals surface area contributed by atoms with Crippen molar-refractivity contribution in [2.45, 2.75) is 65.0 Å². The molecule has 0 saturated heterocycles. The predicted molar refractivity (Wildman–Crippen MR) is 77.5 cm³/mol. The van der Waals surface area contributed by atoms with Crippen LogP contribution in [0.2, 0.25) is 0 Å². The van der Waals surface area contributed by atoms with E-state index in [1.54, 1.807) is 0 Å². The van der Waals surface area contributed by atoms with Gasteiger partial charge in [-0.15, -0.1) is 0 Å². The molecular weight excluding hydrogens is 226 g/mol. The van der Waals surface area contributed by atoms with Gasteiger partial charge < -0.3 is 16.0 Å². The van der Waals surface area contributed by atoms with Gasteiger partial charge in [-0.1, -0.05) is 20.3 Å². The Kier molecular flexibility index (Phi) is 8.20. The molecule has 0 aromatic heterocycles. The lowest BCUT2D eigenvalue weighted by Gasteiger charge is -2.34. The number of unbranched alkanes of at least 4 members (excludes halogenated alkanes) is 1. The van der Waals surface area contributed by atoms with Crippen LogP contribution >= 0.6 is 0 Å². The van der Waals surface area contributed by atoms with E-state index in [-0.39, 0.29) is 5.91 Å². The van der Waals surface area contributed by atoms with Gasteiger partial charge in [0.05, 0.1) is 5.54 Å². The zero-order valence-corrected chi connectivity index (χ0v) is 12.8. The molecule has 0 saturated carbocycles. The molecule has 0 aliphatic carbocycles. The van der Waals surface area contributed by atoms with Crippen molar-refractivity contribution in [3.8, 4) is 0 Å². The molecule has 0 rings (SSSR count). The Morgan fingerprint density at radius 3 is 2.44 bits per heavy atom. The molecule has 0 radical (unpaired) electrons. The van der Waals surface area contributed by atoms with Crippen LogP contribution < -0.4 is 11.1 Å². The molecule has 2 unspecified atom stereocenters. The van der Waals surface area contributed by atoms with Gasteiger partial charge in [0.1, 0.15) is 0 Å². The number of primary amides is 1. The third kappa shape index (κ3) is 5.83. The first-order valence-electron chi connectivity index (χ1n) is 7.12. The van der Waals surface area contributed by atoms with E-state index < -0.39 is 5.54 Å². The van der Waals surface area contributed by atoms with Crippen LogP contribution in [0.3, 0.4) is 0 Å².